The van der Waals surface area contributed by atoms with Gasteiger partial charge in [-0.3, -0.25) is 4.79 Å². The lowest BCUT2D eigenvalue weighted by atomic mass is 10.1. The zero-order valence-corrected chi connectivity index (χ0v) is 13.2. The number of benzene rings is 1. The van der Waals surface area contributed by atoms with Gasteiger partial charge in [-0.05, 0) is 31.2 Å². The van der Waals surface area contributed by atoms with Crippen LogP contribution in [0.1, 0.15) is 16.8 Å². The van der Waals surface area contributed by atoms with Crippen LogP contribution in [0.3, 0.4) is 0 Å². The van der Waals surface area contributed by atoms with Crippen molar-refractivity contribution in [3.05, 3.63) is 28.8 Å². The second kappa shape index (κ2) is 7.64. The molecular formula is C15H21ClN2O3. The zero-order valence-electron chi connectivity index (χ0n) is 12.4. The van der Waals surface area contributed by atoms with Gasteiger partial charge in [0.1, 0.15) is 12.4 Å². The first-order valence-electron chi connectivity index (χ1n) is 7.02. The Morgan fingerprint density at radius 3 is 2.95 bits per heavy atom. The highest BCUT2D eigenvalue weighted by Crippen LogP contribution is 2.25. The van der Waals surface area contributed by atoms with Crippen LogP contribution in [0, 0.1) is 0 Å². The molecule has 0 saturated carbocycles. The summed E-state index contributed by atoms with van der Waals surface area (Å²) in [6, 6.07) is 5.32. The molecule has 1 fully saturated rings. The summed E-state index contributed by atoms with van der Waals surface area (Å²) in [7, 11) is 3.43. The lowest BCUT2D eigenvalue weighted by Crippen LogP contribution is -2.38. The fraction of sp³-hybridized carbons (Fsp3) is 0.533. The summed E-state index contributed by atoms with van der Waals surface area (Å²) < 4.78 is 10.6. The average molecular weight is 313 g/mol. The smallest absolute Gasteiger partial charge is 0.257 e. The molecule has 21 heavy (non-hydrogen) atoms. The van der Waals surface area contributed by atoms with Crippen molar-refractivity contribution in [2.45, 2.75) is 12.5 Å². The van der Waals surface area contributed by atoms with E-state index in [0.29, 0.717) is 29.5 Å². The minimum atomic E-state index is -0.0707. The molecule has 1 aliphatic rings. The summed E-state index contributed by atoms with van der Waals surface area (Å²) in [6.45, 7) is 2.63. The predicted molar refractivity (Wildman–Crippen MR) is 82.2 cm³/mol. The van der Waals surface area contributed by atoms with E-state index in [2.05, 4.69) is 5.32 Å². The van der Waals surface area contributed by atoms with Crippen molar-refractivity contribution in [1.82, 2.24) is 10.2 Å². The number of nitrogens with one attached hydrogen (secondary N) is 1. The van der Waals surface area contributed by atoms with Crippen LogP contribution in [0.25, 0.3) is 0 Å². The van der Waals surface area contributed by atoms with Gasteiger partial charge >= 0.3 is 0 Å². The van der Waals surface area contributed by atoms with Crippen LogP contribution in [0.5, 0.6) is 5.75 Å². The maximum absolute atomic E-state index is 12.7. The molecule has 1 atom stereocenters. The number of hydrogen-bond donors (Lipinski definition) is 1. The molecule has 5 nitrogen and oxygen atoms in total. The summed E-state index contributed by atoms with van der Waals surface area (Å²) in [5, 5.41) is 3.78. The second-order valence-corrected chi connectivity index (χ2v) is 5.48. The molecule has 1 heterocycles. The van der Waals surface area contributed by atoms with Gasteiger partial charge in [0.05, 0.1) is 12.2 Å². The number of hydrogen-bond acceptors (Lipinski definition) is 4. The van der Waals surface area contributed by atoms with Gasteiger partial charge in [-0.1, -0.05) is 11.6 Å². The van der Waals surface area contributed by atoms with Crippen LogP contribution in [0.2, 0.25) is 5.02 Å². The molecule has 0 aliphatic carbocycles. The second-order valence-electron chi connectivity index (χ2n) is 5.04. The third-order valence-electron chi connectivity index (χ3n) is 3.62. The van der Waals surface area contributed by atoms with Crippen LogP contribution in [-0.4, -0.2) is 57.3 Å². The maximum atomic E-state index is 12.7. The molecule has 1 amide bonds. The maximum Gasteiger partial charge on any atom is 0.257 e. The Morgan fingerprint density at radius 2 is 2.29 bits per heavy atom. The van der Waals surface area contributed by atoms with Crippen molar-refractivity contribution < 1.29 is 14.3 Å². The van der Waals surface area contributed by atoms with Crippen molar-refractivity contribution in [3.63, 3.8) is 0 Å². The van der Waals surface area contributed by atoms with Crippen LogP contribution in [-0.2, 0) is 4.74 Å². The average Bonchev–Trinajstić information content (AvgIpc) is 3.01. The van der Waals surface area contributed by atoms with E-state index in [4.69, 9.17) is 21.1 Å². The van der Waals surface area contributed by atoms with Crippen LogP contribution in [0.15, 0.2) is 18.2 Å². The summed E-state index contributed by atoms with van der Waals surface area (Å²) in [5.41, 5.74) is 0.494. The van der Waals surface area contributed by atoms with E-state index in [1.807, 2.05) is 7.05 Å². The lowest BCUT2D eigenvalue weighted by Gasteiger charge is -2.25. The van der Waals surface area contributed by atoms with E-state index >= 15 is 0 Å². The molecule has 0 radical (unpaired) electrons. The van der Waals surface area contributed by atoms with Crippen molar-refractivity contribution in [2.24, 2.45) is 0 Å². The molecule has 6 heteroatoms. The Kier molecular flexibility index (Phi) is 5.85. The predicted octanol–water partition coefficient (Wildman–Crippen LogP) is 1.80. The first-order valence-corrected chi connectivity index (χ1v) is 7.40. The van der Waals surface area contributed by atoms with Gasteiger partial charge in [0.25, 0.3) is 5.91 Å². The minimum absolute atomic E-state index is 0.0707. The summed E-state index contributed by atoms with van der Waals surface area (Å²) in [4.78, 5) is 14.4. The van der Waals surface area contributed by atoms with Crippen molar-refractivity contribution in [2.75, 3.05) is 40.5 Å². The number of methoxy groups -OCH3 is 1. The van der Waals surface area contributed by atoms with Crippen LogP contribution >= 0.6 is 11.6 Å². The highest BCUT2D eigenvalue weighted by molar-refractivity contribution is 6.31. The fourth-order valence-corrected chi connectivity index (χ4v) is 2.53. The SMILES string of the molecule is COCCOc1ccc(Cl)cc1C(=O)N(C)[C@H]1CCNC1. The van der Waals surface area contributed by atoms with Crippen LogP contribution in [0.4, 0.5) is 0 Å². The first kappa shape index (κ1) is 16.1. The first-order chi connectivity index (χ1) is 10.1. The van der Waals surface area contributed by atoms with E-state index in [1.165, 1.54) is 0 Å². The van der Waals surface area contributed by atoms with Crippen molar-refractivity contribution in [3.8, 4) is 5.75 Å². The summed E-state index contributed by atoms with van der Waals surface area (Å²) in [5.74, 6) is 0.470. The third-order valence-corrected chi connectivity index (χ3v) is 3.85. The number of halogens is 1. The molecule has 2 rings (SSSR count). The van der Waals surface area contributed by atoms with Crippen molar-refractivity contribution in [1.29, 1.82) is 0 Å². The molecule has 1 aliphatic heterocycles. The molecule has 1 aromatic rings. The van der Waals surface area contributed by atoms with Gasteiger partial charge in [0.15, 0.2) is 0 Å². The van der Waals surface area contributed by atoms with Gasteiger partial charge in [-0.15, -0.1) is 0 Å². The van der Waals surface area contributed by atoms with Gasteiger partial charge < -0.3 is 19.7 Å². The number of nitrogens with zero attached hydrogens (tertiary/aromatic N) is 1. The number of rotatable bonds is 6. The molecule has 1 aromatic carbocycles. The molecule has 0 unspecified atom stereocenters. The molecule has 116 valence electrons. The molecule has 1 N–H and O–H groups in total. The number of ether oxygens (including phenoxy) is 2. The van der Waals surface area contributed by atoms with Gasteiger partial charge in [-0.2, -0.15) is 0 Å². The van der Waals surface area contributed by atoms with Gasteiger partial charge in [-0.25, -0.2) is 0 Å². The van der Waals surface area contributed by atoms with Crippen LogP contribution < -0.4 is 10.1 Å². The van der Waals surface area contributed by atoms with Crippen molar-refractivity contribution >= 4 is 17.5 Å². The number of carbonyl (C=O) groups is 1. The number of amides is 1. The standard InChI is InChI=1S/C15H21ClN2O3/c1-18(12-5-6-17-10-12)15(19)13-9-11(16)3-4-14(13)21-8-7-20-2/h3-4,9,12,17H,5-8,10H2,1-2H3/t12-/m0/s1. The van der Waals surface area contributed by atoms with E-state index < -0.39 is 0 Å². The Labute approximate surface area is 130 Å². The molecule has 0 aromatic heterocycles. The Bertz CT molecular complexity index is 490. The fourth-order valence-electron chi connectivity index (χ4n) is 2.36. The monoisotopic (exact) mass is 312 g/mol. The summed E-state index contributed by atoms with van der Waals surface area (Å²) >= 11 is 6.02. The molecular weight excluding hydrogens is 292 g/mol. The largest absolute Gasteiger partial charge is 0.490 e. The highest BCUT2D eigenvalue weighted by atomic mass is 35.5. The normalized spacial score (nSPS) is 17.8. The number of likely N-dealkylation sites (N-methyl/N-ethyl adjacent to an activating group) is 1. The Morgan fingerprint density at radius 1 is 1.48 bits per heavy atom. The van der Waals surface area contributed by atoms with Gasteiger partial charge in [0, 0.05) is 31.8 Å². The Balaban J connectivity index is 2.15. The molecule has 0 bridgehead atoms. The quantitative estimate of drug-likeness (QED) is 0.814. The van der Waals surface area contributed by atoms with E-state index in [9.17, 15) is 4.79 Å². The molecule has 1 saturated heterocycles. The lowest BCUT2D eigenvalue weighted by molar-refractivity contribution is 0.0736. The third kappa shape index (κ3) is 4.09. The number of carbonyl (C=O) groups excluding carboxylic acids is 1. The Hall–Kier alpha value is -1.30. The van der Waals surface area contributed by atoms with E-state index in [1.54, 1.807) is 30.2 Å². The minimum Gasteiger partial charge on any atom is -0.490 e. The van der Waals surface area contributed by atoms with E-state index in [0.717, 1.165) is 19.5 Å². The highest BCUT2D eigenvalue weighted by Gasteiger charge is 2.26. The van der Waals surface area contributed by atoms with E-state index in [-0.39, 0.29) is 11.9 Å². The molecule has 0 spiro atoms. The topological polar surface area (TPSA) is 50.8 Å². The van der Waals surface area contributed by atoms with Gasteiger partial charge in [0.2, 0.25) is 0 Å². The zero-order chi connectivity index (χ0) is 15.2. The summed E-state index contributed by atoms with van der Waals surface area (Å²) in [6.07, 6.45) is 0.961.